The third kappa shape index (κ3) is 12.6. The van der Waals surface area contributed by atoms with E-state index in [9.17, 15) is 0 Å². The van der Waals surface area contributed by atoms with Gasteiger partial charge in [0.25, 0.3) is 0 Å². The molecule has 0 heterocycles. The van der Waals surface area contributed by atoms with E-state index in [2.05, 4.69) is 197 Å². The normalized spacial score (nSPS) is 16.0. The van der Waals surface area contributed by atoms with Gasteiger partial charge in [-0.15, -0.1) is 0 Å². The molecule has 0 spiro atoms. The second-order valence-corrected chi connectivity index (χ2v) is 30.4. The van der Waals surface area contributed by atoms with Gasteiger partial charge in [-0.1, -0.05) is 252 Å². The van der Waals surface area contributed by atoms with Crippen molar-refractivity contribution in [1.29, 1.82) is 0 Å². The van der Waals surface area contributed by atoms with E-state index in [4.69, 9.17) is 0 Å². The Morgan fingerprint density at radius 1 is 0.391 bits per heavy atom. The van der Waals surface area contributed by atoms with Gasteiger partial charge in [0, 0.05) is 0 Å². The molecule has 4 aromatic rings. The monoisotopic (exact) mass is 901 g/mol. The molecule has 0 saturated heterocycles. The summed E-state index contributed by atoms with van der Waals surface area (Å²) in [6.45, 7) is 42.9. The maximum absolute atomic E-state index is 2.56. The van der Waals surface area contributed by atoms with E-state index in [1.807, 2.05) is 0 Å². The molecule has 64 heavy (non-hydrogen) atoms. The summed E-state index contributed by atoms with van der Waals surface area (Å²) < 4.78 is 0. The Bertz CT molecular complexity index is 1990. The SMILES string of the molecule is CC(C)c1cc(C(C)C)c(-c2ccccc2P(C(C)(C)C)C(C)(C)C)c(C(C)C)c1.CC(C)c1cc(C(C)C)c(-c2ccccc2P(C2CCCCC2)C2CCCCC2)c(C(C)C)c1. The first-order valence-electron chi connectivity index (χ1n) is 26.2. The van der Waals surface area contributed by atoms with E-state index >= 15 is 0 Å². The lowest BCUT2D eigenvalue weighted by molar-refractivity contribution is 0.487. The lowest BCUT2D eigenvalue weighted by Gasteiger charge is -2.43. The first kappa shape index (κ1) is 52.7. The van der Waals surface area contributed by atoms with E-state index in [1.165, 1.54) is 97.6 Å². The van der Waals surface area contributed by atoms with Crippen molar-refractivity contribution < 1.29 is 0 Å². The van der Waals surface area contributed by atoms with Crippen LogP contribution in [0.15, 0.2) is 72.8 Å². The van der Waals surface area contributed by atoms with Crippen LogP contribution >= 0.6 is 15.8 Å². The number of hydrogen-bond donors (Lipinski definition) is 0. The number of rotatable bonds is 12. The molecule has 0 amide bonds. The molecular weight excluding hydrogens is 807 g/mol. The molecule has 4 aromatic carbocycles. The standard InChI is InChI=1S/C33H49P.C29H45P/c1-23(2)26-21-30(24(3)4)33(31(22-26)25(5)6)29-19-13-14-20-32(29)34(27-15-9-7-10-16-27)28-17-11-8-12-18-28;1-19(2)22-17-24(20(3)4)27(25(18-22)21(5)6)23-15-13-14-16-26(23)30(28(7,8)9)29(10,11)12/h13-14,19-25,27-28H,7-12,15-18H2,1-6H3;13-21H,1-12H3. The van der Waals surface area contributed by atoms with Gasteiger partial charge in [-0.3, -0.25) is 0 Å². The second-order valence-electron chi connectivity index (χ2n) is 23.8. The largest absolute Gasteiger partial charge is 0.0683 e. The molecule has 2 fully saturated rings. The van der Waals surface area contributed by atoms with Gasteiger partial charge in [-0.25, -0.2) is 0 Å². The predicted octanol–water partition coefficient (Wildman–Crippen LogP) is 19.9. The van der Waals surface area contributed by atoms with Crippen LogP contribution in [0.25, 0.3) is 22.3 Å². The zero-order valence-corrected chi connectivity index (χ0v) is 46.3. The summed E-state index contributed by atoms with van der Waals surface area (Å²) in [5, 5.41) is 3.81. The highest BCUT2D eigenvalue weighted by Crippen LogP contribution is 2.60. The summed E-state index contributed by atoms with van der Waals surface area (Å²) in [6, 6.07) is 29.1. The Labute approximate surface area is 398 Å². The Balaban J connectivity index is 0.000000243. The summed E-state index contributed by atoms with van der Waals surface area (Å²) in [5.74, 6) is 3.19. The van der Waals surface area contributed by atoms with Crippen LogP contribution in [0.3, 0.4) is 0 Å². The van der Waals surface area contributed by atoms with E-state index in [0.717, 1.165) is 11.3 Å². The molecule has 2 heteroatoms. The van der Waals surface area contributed by atoms with Gasteiger partial charge in [-0.05, 0) is 149 Å². The Hall–Kier alpha value is -2.26. The fourth-order valence-electron chi connectivity index (χ4n) is 11.5. The van der Waals surface area contributed by atoms with Crippen LogP contribution in [-0.4, -0.2) is 21.6 Å². The maximum Gasteiger partial charge on any atom is -0.0101 e. The molecule has 0 N–H and O–H groups in total. The summed E-state index contributed by atoms with van der Waals surface area (Å²) in [6.07, 6.45) is 14.6. The molecule has 0 aliphatic heterocycles. The van der Waals surface area contributed by atoms with Crippen LogP contribution in [-0.2, 0) is 0 Å². The fourth-order valence-corrected chi connectivity index (χ4v) is 19.5. The van der Waals surface area contributed by atoms with E-state index in [1.54, 1.807) is 32.9 Å². The predicted molar refractivity (Wildman–Crippen MR) is 295 cm³/mol. The van der Waals surface area contributed by atoms with Crippen LogP contribution in [0.5, 0.6) is 0 Å². The molecule has 352 valence electrons. The maximum atomic E-state index is 2.56. The summed E-state index contributed by atoms with van der Waals surface area (Å²) in [7, 11) is -0.486. The Morgan fingerprint density at radius 2 is 0.688 bits per heavy atom. The van der Waals surface area contributed by atoms with Crippen molar-refractivity contribution >= 4 is 26.5 Å². The van der Waals surface area contributed by atoms with Crippen LogP contribution in [0.2, 0.25) is 0 Å². The van der Waals surface area contributed by atoms with Crippen molar-refractivity contribution in [3.8, 4) is 22.3 Å². The smallest absolute Gasteiger partial charge is 0.0101 e. The fraction of sp³-hybridized carbons (Fsp3) is 0.613. The zero-order valence-electron chi connectivity index (χ0n) is 44.5. The molecule has 2 aliphatic carbocycles. The van der Waals surface area contributed by atoms with Gasteiger partial charge in [0.15, 0.2) is 0 Å². The molecule has 0 unspecified atom stereocenters. The molecule has 2 aliphatic rings. The summed E-state index contributed by atoms with van der Waals surface area (Å²) >= 11 is 0. The second kappa shape index (κ2) is 22.7. The van der Waals surface area contributed by atoms with E-state index in [0.29, 0.717) is 35.5 Å². The van der Waals surface area contributed by atoms with Crippen molar-refractivity contribution in [2.75, 3.05) is 0 Å². The van der Waals surface area contributed by atoms with Crippen LogP contribution in [0, 0.1) is 0 Å². The molecule has 2 saturated carbocycles. The highest BCUT2D eigenvalue weighted by atomic mass is 31.1. The van der Waals surface area contributed by atoms with Crippen LogP contribution in [0.4, 0.5) is 0 Å². The first-order chi connectivity index (χ1) is 30.0. The minimum Gasteiger partial charge on any atom is -0.0683 e. The van der Waals surface area contributed by atoms with E-state index < -0.39 is 0 Å². The highest BCUT2D eigenvalue weighted by molar-refractivity contribution is 7.69. The van der Waals surface area contributed by atoms with Gasteiger partial charge >= 0.3 is 0 Å². The molecule has 0 radical (unpaired) electrons. The minimum absolute atomic E-state index is 0.120. The minimum atomic E-state index is -0.366. The first-order valence-corrected chi connectivity index (χ1v) is 29.0. The topological polar surface area (TPSA) is 0 Å². The van der Waals surface area contributed by atoms with Gasteiger partial charge in [-0.2, -0.15) is 0 Å². The third-order valence-electron chi connectivity index (χ3n) is 14.4. The quantitative estimate of drug-likeness (QED) is 0.124. The lowest BCUT2D eigenvalue weighted by atomic mass is 9.82. The van der Waals surface area contributed by atoms with Crippen molar-refractivity contribution in [2.45, 2.75) is 246 Å². The molecule has 0 aromatic heterocycles. The summed E-state index contributed by atoms with van der Waals surface area (Å²) in [4.78, 5) is 0. The van der Waals surface area contributed by atoms with Gasteiger partial charge in [0.2, 0.25) is 0 Å². The van der Waals surface area contributed by atoms with Crippen molar-refractivity contribution in [3.63, 3.8) is 0 Å². The molecule has 6 rings (SSSR count). The van der Waals surface area contributed by atoms with Crippen LogP contribution in [0.1, 0.15) is 258 Å². The summed E-state index contributed by atoms with van der Waals surface area (Å²) in [5.41, 5.74) is 17.2. The highest BCUT2D eigenvalue weighted by Gasteiger charge is 2.38. The Kier molecular flexibility index (Phi) is 18.7. The lowest BCUT2D eigenvalue weighted by Crippen LogP contribution is -2.32. The number of benzene rings is 4. The Morgan fingerprint density at radius 3 is 0.984 bits per heavy atom. The molecular formula is C62H94P2. The number of hydrogen-bond acceptors (Lipinski definition) is 0. The van der Waals surface area contributed by atoms with Crippen molar-refractivity contribution in [3.05, 3.63) is 106 Å². The molecule has 0 atom stereocenters. The van der Waals surface area contributed by atoms with Gasteiger partial charge in [0.05, 0.1) is 0 Å². The van der Waals surface area contributed by atoms with Gasteiger partial charge in [0.1, 0.15) is 0 Å². The molecule has 0 nitrogen and oxygen atoms in total. The van der Waals surface area contributed by atoms with Crippen molar-refractivity contribution in [2.24, 2.45) is 0 Å². The van der Waals surface area contributed by atoms with Crippen molar-refractivity contribution in [1.82, 2.24) is 0 Å². The van der Waals surface area contributed by atoms with E-state index in [-0.39, 0.29) is 26.2 Å². The average Bonchev–Trinajstić information content (AvgIpc) is 3.23. The average molecular weight is 901 g/mol. The van der Waals surface area contributed by atoms with Gasteiger partial charge < -0.3 is 0 Å². The van der Waals surface area contributed by atoms with Crippen LogP contribution < -0.4 is 10.6 Å². The third-order valence-corrected chi connectivity index (χ3v) is 21.5. The molecule has 0 bridgehead atoms. The zero-order chi connectivity index (χ0) is 47.3.